The lowest BCUT2D eigenvalue weighted by molar-refractivity contribution is 0.162. The smallest absolute Gasteiger partial charge is 0.138 e. The molecule has 0 saturated carbocycles. The second kappa shape index (κ2) is 5.77. The Bertz CT molecular complexity index is 777. The summed E-state index contributed by atoms with van der Waals surface area (Å²) in [4.78, 5) is 4.33. The van der Waals surface area contributed by atoms with Crippen LogP contribution < -0.4 is 10.1 Å². The maximum absolute atomic E-state index is 6.07. The second-order valence-corrected chi connectivity index (χ2v) is 5.65. The van der Waals surface area contributed by atoms with Crippen LogP contribution in [-0.4, -0.2) is 34.4 Å². The van der Waals surface area contributed by atoms with Crippen molar-refractivity contribution in [3.05, 3.63) is 42.9 Å². The van der Waals surface area contributed by atoms with Crippen LogP contribution in [0.3, 0.4) is 0 Å². The Morgan fingerprint density at radius 1 is 1.00 bits per heavy atom. The molecule has 0 atom stereocenters. The van der Waals surface area contributed by atoms with Gasteiger partial charge in [0, 0.05) is 17.1 Å². The maximum Gasteiger partial charge on any atom is 0.138 e. The fourth-order valence-electron chi connectivity index (χ4n) is 2.87. The lowest BCUT2D eigenvalue weighted by Gasteiger charge is -2.23. The molecule has 2 aromatic heterocycles. The first kappa shape index (κ1) is 13.3. The Hall–Kier alpha value is -2.40. The number of nitrogens with zero attached hydrogens (tertiary/aromatic N) is 2. The SMILES string of the molecule is c1ncc(-c2ccc3[nH]ncc3c2)cc1OC1CCNCC1. The lowest BCUT2D eigenvalue weighted by Crippen LogP contribution is -2.34. The van der Waals surface area contributed by atoms with Gasteiger partial charge in [-0.1, -0.05) is 6.07 Å². The molecule has 5 heteroatoms. The summed E-state index contributed by atoms with van der Waals surface area (Å²) in [6.45, 7) is 2.05. The van der Waals surface area contributed by atoms with E-state index in [4.69, 9.17) is 4.74 Å². The van der Waals surface area contributed by atoms with E-state index in [1.165, 1.54) is 0 Å². The fourth-order valence-corrected chi connectivity index (χ4v) is 2.87. The summed E-state index contributed by atoms with van der Waals surface area (Å²) in [6, 6.07) is 8.30. The molecular weight excluding hydrogens is 276 g/mol. The van der Waals surface area contributed by atoms with Crippen molar-refractivity contribution in [3.8, 4) is 16.9 Å². The molecule has 3 aromatic rings. The molecule has 1 saturated heterocycles. The van der Waals surface area contributed by atoms with Crippen molar-refractivity contribution in [1.82, 2.24) is 20.5 Å². The van der Waals surface area contributed by atoms with Crippen LogP contribution in [0.4, 0.5) is 0 Å². The minimum atomic E-state index is 0.287. The summed E-state index contributed by atoms with van der Waals surface area (Å²) < 4.78 is 6.07. The summed E-state index contributed by atoms with van der Waals surface area (Å²) in [5.41, 5.74) is 3.23. The Kier molecular flexibility index (Phi) is 3.48. The minimum absolute atomic E-state index is 0.287. The average molecular weight is 294 g/mol. The van der Waals surface area contributed by atoms with E-state index in [1.54, 1.807) is 6.20 Å². The van der Waals surface area contributed by atoms with Crippen molar-refractivity contribution >= 4 is 10.9 Å². The predicted molar refractivity (Wildman–Crippen MR) is 85.8 cm³/mol. The van der Waals surface area contributed by atoms with Crippen LogP contribution in [0.5, 0.6) is 5.75 Å². The van der Waals surface area contributed by atoms with E-state index >= 15 is 0 Å². The summed E-state index contributed by atoms with van der Waals surface area (Å²) in [6.07, 6.45) is 7.88. The third-order valence-electron chi connectivity index (χ3n) is 4.08. The Morgan fingerprint density at radius 3 is 2.82 bits per heavy atom. The topological polar surface area (TPSA) is 62.8 Å². The molecule has 112 valence electrons. The zero-order valence-electron chi connectivity index (χ0n) is 12.2. The van der Waals surface area contributed by atoms with Crippen LogP contribution >= 0.6 is 0 Å². The van der Waals surface area contributed by atoms with Crippen molar-refractivity contribution in [2.24, 2.45) is 0 Å². The number of ether oxygens (including phenoxy) is 1. The number of nitrogens with one attached hydrogen (secondary N) is 2. The van der Waals surface area contributed by atoms with Crippen LogP contribution in [0.2, 0.25) is 0 Å². The van der Waals surface area contributed by atoms with Gasteiger partial charge in [-0.25, -0.2) is 0 Å². The van der Waals surface area contributed by atoms with E-state index in [-0.39, 0.29) is 6.10 Å². The molecule has 22 heavy (non-hydrogen) atoms. The number of rotatable bonds is 3. The van der Waals surface area contributed by atoms with Gasteiger partial charge in [0.05, 0.1) is 17.9 Å². The molecule has 3 heterocycles. The zero-order valence-corrected chi connectivity index (χ0v) is 12.2. The molecule has 1 fully saturated rings. The van der Waals surface area contributed by atoms with Crippen LogP contribution in [-0.2, 0) is 0 Å². The number of aromatic amines is 1. The van der Waals surface area contributed by atoms with Crippen molar-refractivity contribution in [3.63, 3.8) is 0 Å². The van der Waals surface area contributed by atoms with Crippen LogP contribution in [0.25, 0.3) is 22.0 Å². The van der Waals surface area contributed by atoms with Gasteiger partial charge in [-0.15, -0.1) is 0 Å². The van der Waals surface area contributed by atoms with Gasteiger partial charge in [0.15, 0.2) is 0 Å². The van der Waals surface area contributed by atoms with E-state index in [0.717, 1.165) is 53.7 Å². The first-order chi connectivity index (χ1) is 10.9. The van der Waals surface area contributed by atoms with Gasteiger partial charge >= 0.3 is 0 Å². The van der Waals surface area contributed by atoms with Gasteiger partial charge in [-0.05, 0) is 49.7 Å². The molecular formula is C17H18N4O. The Morgan fingerprint density at radius 2 is 1.91 bits per heavy atom. The third kappa shape index (κ3) is 2.67. The van der Waals surface area contributed by atoms with Crippen molar-refractivity contribution in [1.29, 1.82) is 0 Å². The number of piperidine rings is 1. The summed E-state index contributed by atoms with van der Waals surface area (Å²) in [5, 5.41) is 11.5. The van der Waals surface area contributed by atoms with Gasteiger partial charge in [-0.3, -0.25) is 10.1 Å². The first-order valence-corrected chi connectivity index (χ1v) is 7.64. The molecule has 0 aliphatic carbocycles. The maximum atomic E-state index is 6.07. The van der Waals surface area contributed by atoms with Gasteiger partial charge < -0.3 is 10.1 Å². The highest BCUT2D eigenvalue weighted by Gasteiger charge is 2.14. The van der Waals surface area contributed by atoms with Gasteiger partial charge in [0.1, 0.15) is 11.9 Å². The van der Waals surface area contributed by atoms with Crippen LogP contribution in [0.1, 0.15) is 12.8 Å². The molecule has 0 unspecified atom stereocenters. The molecule has 4 rings (SSSR count). The molecule has 0 bridgehead atoms. The Labute approximate surface area is 128 Å². The second-order valence-electron chi connectivity index (χ2n) is 5.65. The van der Waals surface area contributed by atoms with Crippen LogP contribution in [0, 0.1) is 0 Å². The molecule has 1 aliphatic heterocycles. The lowest BCUT2D eigenvalue weighted by atomic mass is 10.1. The van der Waals surface area contributed by atoms with Gasteiger partial charge in [0.2, 0.25) is 0 Å². The fraction of sp³-hybridized carbons (Fsp3) is 0.294. The number of aromatic nitrogens is 3. The summed E-state index contributed by atoms with van der Waals surface area (Å²) >= 11 is 0. The predicted octanol–water partition coefficient (Wildman–Crippen LogP) is 2.76. The molecule has 0 amide bonds. The molecule has 0 radical (unpaired) electrons. The molecule has 0 spiro atoms. The van der Waals surface area contributed by atoms with E-state index in [0.29, 0.717) is 0 Å². The number of hydrogen-bond acceptors (Lipinski definition) is 4. The van der Waals surface area contributed by atoms with Gasteiger partial charge in [0.25, 0.3) is 0 Å². The van der Waals surface area contributed by atoms with Crippen molar-refractivity contribution < 1.29 is 4.74 Å². The largest absolute Gasteiger partial charge is 0.489 e. The third-order valence-corrected chi connectivity index (χ3v) is 4.08. The highest BCUT2D eigenvalue weighted by atomic mass is 16.5. The van der Waals surface area contributed by atoms with E-state index in [2.05, 4.69) is 38.7 Å². The zero-order chi connectivity index (χ0) is 14.8. The number of hydrogen-bond donors (Lipinski definition) is 2. The highest BCUT2D eigenvalue weighted by molar-refractivity contribution is 5.83. The van der Waals surface area contributed by atoms with Crippen LogP contribution in [0.15, 0.2) is 42.9 Å². The number of H-pyrrole nitrogens is 1. The molecule has 2 N–H and O–H groups in total. The molecule has 5 nitrogen and oxygen atoms in total. The molecule has 1 aliphatic rings. The van der Waals surface area contributed by atoms with Crippen molar-refractivity contribution in [2.45, 2.75) is 18.9 Å². The van der Waals surface area contributed by atoms with E-state index < -0.39 is 0 Å². The summed E-state index contributed by atoms with van der Waals surface area (Å²) in [7, 11) is 0. The van der Waals surface area contributed by atoms with Crippen molar-refractivity contribution in [2.75, 3.05) is 13.1 Å². The quantitative estimate of drug-likeness (QED) is 0.779. The Balaban J connectivity index is 1.60. The minimum Gasteiger partial charge on any atom is -0.489 e. The van der Waals surface area contributed by atoms with Gasteiger partial charge in [-0.2, -0.15) is 5.10 Å². The first-order valence-electron chi connectivity index (χ1n) is 7.64. The highest BCUT2D eigenvalue weighted by Crippen LogP contribution is 2.26. The summed E-state index contributed by atoms with van der Waals surface area (Å²) in [5.74, 6) is 0.844. The van der Waals surface area contributed by atoms with E-state index in [1.807, 2.05) is 18.5 Å². The monoisotopic (exact) mass is 294 g/mol. The number of fused-ring (bicyclic) bond motifs is 1. The average Bonchev–Trinajstić information content (AvgIpc) is 3.04. The number of pyridine rings is 1. The molecule has 1 aromatic carbocycles. The standard InChI is InChI=1S/C17H18N4O/c1-2-17-14(10-20-21-17)7-12(1)13-8-16(11-19-9-13)22-15-3-5-18-6-4-15/h1-2,7-11,15,18H,3-6H2,(H,20,21). The van der Waals surface area contributed by atoms with E-state index in [9.17, 15) is 0 Å². The normalized spacial score (nSPS) is 16.0. The number of benzene rings is 1.